The van der Waals surface area contributed by atoms with Crippen LogP contribution in [0, 0.1) is 11.8 Å². The highest BCUT2D eigenvalue weighted by molar-refractivity contribution is 6.02. The molecule has 3 aliphatic heterocycles. The molecular formula is C30H35N3O5. The molecule has 6 atom stereocenters. The van der Waals surface area contributed by atoms with Gasteiger partial charge in [0, 0.05) is 11.7 Å². The van der Waals surface area contributed by atoms with Crippen molar-refractivity contribution in [3.05, 3.63) is 66.2 Å². The molecule has 1 saturated carbocycles. The summed E-state index contributed by atoms with van der Waals surface area (Å²) in [4.78, 5) is 43.5. The summed E-state index contributed by atoms with van der Waals surface area (Å²) in [6, 6.07) is 16.9. The van der Waals surface area contributed by atoms with Gasteiger partial charge >= 0.3 is 0 Å². The Morgan fingerprint density at radius 1 is 0.974 bits per heavy atom. The van der Waals surface area contributed by atoms with Crippen LogP contribution in [0.5, 0.6) is 0 Å². The predicted molar refractivity (Wildman–Crippen MR) is 141 cm³/mol. The van der Waals surface area contributed by atoms with E-state index in [1.165, 1.54) is 4.90 Å². The van der Waals surface area contributed by atoms with E-state index < -0.39 is 35.6 Å². The lowest BCUT2D eigenvalue weighted by atomic mass is 9.70. The molecule has 4 fully saturated rings. The molecule has 200 valence electrons. The average molecular weight is 518 g/mol. The molecule has 4 aliphatic rings. The molecule has 3 amide bonds. The Kier molecular flexibility index (Phi) is 6.70. The monoisotopic (exact) mass is 517 g/mol. The largest absolute Gasteiger partial charge is 0.394 e. The van der Waals surface area contributed by atoms with Crippen LogP contribution in [-0.4, -0.2) is 58.1 Å². The summed E-state index contributed by atoms with van der Waals surface area (Å²) in [5.74, 6) is -2.31. The Labute approximate surface area is 222 Å². The summed E-state index contributed by atoms with van der Waals surface area (Å²) in [5.41, 5.74) is 0.303. The van der Waals surface area contributed by atoms with E-state index in [0.717, 1.165) is 37.7 Å². The van der Waals surface area contributed by atoms with Crippen molar-refractivity contribution in [2.24, 2.45) is 11.8 Å². The number of para-hydroxylation sites is 1. The Morgan fingerprint density at radius 3 is 2.34 bits per heavy atom. The quantitative estimate of drug-likeness (QED) is 0.523. The number of anilines is 1. The van der Waals surface area contributed by atoms with Crippen LogP contribution < -0.4 is 10.6 Å². The fourth-order valence-electron chi connectivity index (χ4n) is 7.33. The van der Waals surface area contributed by atoms with Crippen molar-refractivity contribution in [2.75, 3.05) is 11.9 Å². The maximum absolute atomic E-state index is 14.3. The first-order chi connectivity index (χ1) is 18.5. The van der Waals surface area contributed by atoms with Gasteiger partial charge < -0.3 is 25.4 Å². The molecule has 8 heteroatoms. The normalized spacial score (nSPS) is 31.2. The van der Waals surface area contributed by atoms with Crippen LogP contribution in [0.3, 0.4) is 0 Å². The Balaban J connectivity index is 1.37. The maximum Gasteiger partial charge on any atom is 0.246 e. The van der Waals surface area contributed by atoms with Gasteiger partial charge in [0.15, 0.2) is 0 Å². The van der Waals surface area contributed by atoms with Gasteiger partial charge in [0.25, 0.3) is 0 Å². The zero-order chi connectivity index (χ0) is 26.3. The van der Waals surface area contributed by atoms with Gasteiger partial charge in [-0.2, -0.15) is 0 Å². The van der Waals surface area contributed by atoms with Gasteiger partial charge in [-0.05, 0) is 43.4 Å². The first-order valence-electron chi connectivity index (χ1n) is 13.9. The van der Waals surface area contributed by atoms with Crippen LogP contribution in [-0.2, 0) is 19.1 Å². The third kappa shape index (κ3) is 4.10. The maximum atomic E-state index is 14.3. The van der Waals surface area contributed by atoms with E-state index in [1.54, 1.807) is 0 Å². The zero-order valence-electron chi connectivity index (χ0n) is 21.4. The SMILES string of the molecule is O=C(NC1CCCCC1)C1N([C@H](CO)c2ccccc2)C(=O)[C@@H]2[C@@H](C(=O)Nc3ccccc3)[C@H]3CCC12O3. The number of aliphatic hydroxyl groups excluding tert-OH is 1. The van der Waals surface area contributed by atoms with E-state index in [9.17, 15) is 19.5 Å². The molecule has 1 aliphatic carbocycles. The van der Waals surface area contributed by atoms with Gasteiger partial charge in [-0.1, -0.05) is 67.8 Å². The van der Waals surface area contributed by atoms with Crippen molar-refractivity contribution in [1.29, 1.82) is 0 Å². The number of hydrogen-bond donors (Lipinski definition) is 3. The number of benzene rings is 2. The second kappa shape index (κ2) is 10.2. The highest BCUT2D eigenvalue weighted by Gasteiger charge is 2.75. The lowest BCUT2D eigenvalue weighted by molar-refractivity contribution is -0.145. The fraction of sp³-hybridized carbons (Fsp3) is 0.500. The number of aliphatic hydroxyl groups is 1. The summed E-state index contributed by atoms with van der Waals surface area (Å²) >= 11 is 0. The van der Waals surface area contributed by atoms with Crippen molar-refractivity contribution in [3.8, 4) is 0 Å². The molecule has 8 nitrogen and oxygen atoms in total. The van der Waals surface area contributed by atoms with E-state index in [0.29, 0.717) is 18.5 Å². The third-order valence-corrected chi connectivity index (χ3v) is 8.98. The number of nitrogens with zero attached hydrogens (tertiary/aromatic N) is 1. The highest BCUT2D eigenvalue weighted by atomic mass is 16.5. The molecule has 2 unspecified atom stereocenters. The zero-order valence-corrected chi connectivity index (χ0v) is 21.4. The van der Waals surface area contributed by atoms with Crippen LogP contribution in [0.1, 0.15) is 56.6 Å². The molecule has 2 aromatic carbocycles. The van der Waals surface area contributed by atoms with Gasteiger partial charge in [-0.15, -0.1) is 0 Å². The molecule has 1 spiro atoms. The number of rotatable bonds is 7. The van der Waals surface area contributed by atoms with E-state index in [1.807, 2.05) is 60.7 Å². The second-order valence-electron chi connectivity index (χ2n) is 11.1. The number of fused-ring (bicyclic) bond motifs is 1. The van der Waals surface area contributed by atoms with Crippen LogP contribution in [0.4, 0.5) is 5.69 Å². The summed E-state index contributed by atoms with van der Waals surface area (Å²) in [5, 5.41) is 16.7. The number of ether oxygens (including phenoxy) is 1. The van der Waals surface area contributed by atoms with Gasteiger partial charge in [-0.25, -0.2) is 0 Å². The summed E-state index contributed by atoms with van der Waals surface area (Å²) < 4.78 is 6.54. The summed E-state index contributed by atoms with van der Waals surface area (Å²) in [7, 11) is 0. The number of carbonyl (C=O) groups is 3. The number of carbonyl (C=O) groups excluding carboxylic acids is 3. The van der Waals surface area contributed by atoms with Gasteiger partial charge in [0.1, 0.15) is 11.6 Å². The van der Waals surface area contributed by atoms with Crippen molar-refractivity contribution in [3.63, 3.8) is 0 Å². The van der Waals surface area contributed by atoms with E-state index in [2.05, 4.69) is 10.6 Å². The minimum atomic E-state index is -1.10. The lowest BCUT2D eigenvalue weighted by Crippen LogP contribution is -2.57. The molecule has 3 heterocycles. The van der Waals surface area contributed by atoms with Crippen LogP contribution in [0.15, 0.2) is 60.7 Å². The van der Waals surface area contributed by atoms with Crippen molar-refractivity contribution < 1.29 is 24.2 Å². The molecule has 38 heavy (non-hydrogen) atoms. The number of nitrogens with one attached hydrogen (secondary N) is 2. The third-order valence-electron chi connectivity index (χ3n) is 8.98. The second-order valence-corrected chi connectivity index (χ2v) is 11.1. The molecule has 2 bridgehead atoms. The molecule has 3 N–H and O–H groups in total. The minimum Gasteiger partial charge on any atom is -0.394 e. The van der Waals surface area contributed by atoms with Crippen LogP contribution in [0.25, 0.3) is 0 Å². The molecule has 6 rings (SSSR count). The number of hydrogen-bond acceptors (Lipinski definition) is 5. The molecule has 3 saturated heterocycles. The standard InChI is InChI=1S/C30H35N3O5/c34-18-22(19-10-4-1-5-11-19)33-26(28(36)32-21-14-8-3-9-15-21)30-17-16-23(38-30)24(25(30)29(33)37)27(35)31-20-12-6-2-7-13-20/h1-2,4-7,10-13,21-26,34H,3,8-9,14-18H2,(H,31,35)(H,32,36)/t22-,23-,24+,25+,26?,30?/m1/s1. The van der Waals surface area contributed by atoms with Crippen molar-refractivity contribution in [1.82, 2.24) is 10.2 Å². The van der Waals surface area contributed by atoms with Crippen LogP contribution >= 0.6 is 0 Å². The first kappa shape index (κ1) is 25.1. The Hall–Kier alpha value is -3.23. The number of amides is 3. The van der Waals surface area contributed by atoms with E-state index in [-0.39, 0.29) is 30.4 Å². The summed E-state index contributed by atoms with van der Waals surface area (Å²) in [6.07, 6.45) is 5.82. The summed E-state index contributed by atoms with van der Waals surface area (Å²) in [6.45, 7) is -0.337. The van der Waals surface area contributed by atoms with Gasteiger partial charge in [-0.3, -0.25) is 14.4 Å². The molecular weight excluding hydrogens is 482 g/mol. The smallest absolute Gasteiger partial charge is 0.246 e. The highest BCUT2D eigenvalue weighted by Crippen LogP contribution is 2.59. The van der Waals surface area contributed by atoms with Crippen LogP contribution in [0.2, 0.25) is 0 Å². The first-order valence-corrected chi connectivity index (χ1v) is 13.9. The van der Waals surface area contributed by atoms with Crippen molar-refractivity contribution in [2.45, 2.75) is 74.8 Å². The topological polar surface area (TPSA) is 108 Å². The molecule has 2 aromatic rings. The van der Waals surface area contributed by atoms with Gasteiger partial charge in [0.2, 0.25) is 17.7 Å². The minimum absolute atomic E-state index is 0.0590. The van der Waals surface area contributed by atoms with E-state index >= 15 is 0 Å². The van der Waals surface area contributed by atoms with E-state index in [4.69, 9.17) is 4.74 Å². The molecule has 0 aromatic heterocycles. The Morgan fingerprint density at radius 2 is 1.66 bits per heavy atom. The fourth-order valence-corrected chi connectivity index (χ4v) is 7.33. The Bertz CT molecular complexity index is 1180. The lowest BCUT2D eigenvalue weighted by Gasteiger charge is -2.38. The predicted octanol–water partition coefficient (Wildman–Crippen LogP) is 3.18. The van der Waals surface area contributed by atoms with Gasteiger partial charge in [0.05, 0.1) is 30.6 Å². The molecule has 0 radical (unpaired) electrons. The van der Waals surface area contributed by atoms with Crippen molar-refractivity contribution >= 4 is 23.4 Å². The average Bonchev–Trinajstić information content (AvgIpc) is 3.59. The number of likely N-dealkylation sites (tertiary alicyclic amines) is 1.